The Hall–Kier alpha value is -2.54. The van der Waals surface area contributed by atoms with Crippen LogP contribution in [0.3, 0.4) is 0 Å². The van der Waals surface area contributed by atoms with Crippen molar-refractivity contribution < 1.29 is 14.4 Å². The zero-order valence-corrected chi connectivity index (χ0v) is 16.0. The predicted octanol–water partition coefficient (Wildman–Crippen LogP) is 2.24. The molecule has 0 spiro atoms. The first kappa shape index (κ1) is 19.2. The van der Waals surface area contributed by atoms with Crippen molar-refractivity contribution in [2.45, 2.75) is 30.1 Å². The largest absolute Gasteiger partial charge is 0.356 e. The van der Waals surface area contributed by atoms with E-state index in [1.807, 2.05) is 18.2 Å². The lowest BCUT2D eigenvalue weighted by atomic mass is 9.90. The Kier molecular flexibility index (Phi) is 6.01. The minimum Gasteiger partial charge on any atom is -0.356 e. The van der Waals surface area contributed by atoms with E-state index in [0.29, 0.717) is 6.54 Å². The molecule has 1 aromatic carbocycles. The third-order valence-electron chi connectivity index (χ3n) is 4.87. The number of nitrogens with one attached hydrogen (secondary N) is 3. The highest BCUT2D eigenvalue weighted by Crippen LogP contribution is 2.38. The topological polar surface area (TPSA) is 87.3 Å². The van der Waals surface area contributed by atoms with E-state index >= 15 is 0 Å². The molecule has 0 aromatic heterocycles. The molecule has 3 rings (SSSR count). The van der Waals surface area contributed by atoms with E-state index in [9.17, 15) is 14.4 Å². The zero-order chi connectivity index (χ0) is 19.3. The molecule has 0 bridgehead atoms. The van der Waals surface area contributed by atoms with Crippen molar-refractivity contribution >= 4 is 35.2 Å². The lowest BCUT2D eigenvalue weighted by Gasteiger charge is -2.31. The maximum Gasteiger partial charge on any atom is 0.322 e. The molecule has 1 aliphatic carbocycles. The highest BCUT2D eigenvalue weighted by atomic mass is 32.2. The molecule has 2 aliphatic rings. The normalized spacial score (nSPS) is 24.2. The Morgan fingerprint density at radius 1 is 1.30 bits per heavy atom. The molecule has 1 aliphatic heterocycles. The fourth-order valence-electron chi connectivity index (χ4n) is 3.22. The summed E-state index contributed by atoms with van der Waals surface area (Å²) in [7, 11) is 0. The van der Waals surface area contributed by atoms with Gasteiger partial charge in [0.25, 0.3) is 5.91 Å². The number of hydrogen-bond donors (Lipinski definition) is 3. The number of hydrogen-bond acceptors (Lipinski definition) is 4. The molecule has 4 amide bonds. The van der Waals surface area contributed by atoms with Crippen LogP contribution >= 0.6 is 11.8 Å². The van der Waals surface area contributed by atoms with Gasteiger partial charge in [-0.15, -0.1) is 0 Å². The fourth-order valence-corrected chi connectivity index (χ4v) is 3.98. The number of carbonyl (C=O) groups excluding carboxylic acids is 3. The summed E-state index contributed by atoms with van der Waals surface area (Å²) in [6.07, 6.45) is 10.3. The van der Waals surface area contributed by atoms with Crippen molar-refractivity contribution in [3.8, 4) is 0 Å². The molecule has 3 N–H and O–H groups in total. The maximum absolute atomic E-state index is 12.0. The van der Waals surface area contributed by atoms with E-state index in [2.05, 4.69) is 52.6 Å². The molecule has 1 fully saturated rings. The van der Waals surface area contributed by atoms with Gasteiger partial charge in [-0.25, -0.2) is 4.79 Å². The van der Waals surface area contributed by atoms with Crippen LogP contribution in [0.2, 0.25) is 0 Å². The second kappa shape index (κ2) is 8.43. The van der Waals surface area contributed by atoms with E-state index in [4.69, 9.17) is 0 Å². The van der Waals surface area contributed by atoms with Crippen LogP contribution < -0.4 is 16.0 Å². The molecule has 1 aromatic rings. The lowest BCUT2D eigenvalue weighted by molar-refractivity contribution is -0.126. The van der Waals surface area contributed by atoms with E-state index in [0.717, 1.165) is 12.8 Å². The summed E-state index contributed by atoms with van der Waals surface area (Å²) < 4.78 is -0.0511. The van der Waals surface area contributed by atoms with Crippen LogP contribution in [0, 0.1) is 0 Å². The quantitative estimate of drug-likeness (QED) is 0.628. The Balaban J connectivity index is 1.49. The maximum atomic E-state index is 12.0. The number of thioether (sulfide) groups is 1. The van der Waals surface area contributed by atoms with E-state index in [1.54, 1.807) is 11.8 Å². The number of benzene rings is 1. The molecule has 0 radical (unpaired) electrons. The molecule has 27 heavy (non-hydrogen) atoms. The molecule has 6 nitrogen and oxygen atoms in total. The molecule has 7 heteroatoms. The van der Waals surface area contributed by atoms with Gasteiger partial charge in [0.15, 0.2) is 0 Å². The van der Waals surface area contributed by atoms with Gasteiger partial charge >= 0.3 is 6.03 Å². The van der Waals surface area contributed by atoms with Crippen LogP contribution in [0.5, 0.6) is 0 Å². The molecular weight excluding hydrogens is 362 g/mol. The minimum absolute atomic E-state index is 0.0439. The SMILES string of the molecule is CSC1(CCNC(=O)CC2NC(=O)NC2=O)C=CC(c2ccccc2)=CC1. The van der Waals surface area contributed by atoms with Gasteiger partial charge in [-0.3, -0.25) is 14.9 Å². The summed E-state index contributed by atoms with van der Waals surface area (Å²) in [6.45, 7) is 0.515. The molecular formula is C20H23N3O3S. The van der Waals surface area contributed by atoms with E-state index < -0.39 is 18.0 Å². The van der Waals surface area contributed by atoms with Crippen LogP contribution in [0.25, 0.3) is 5.57 Å². The number of carbonyl (C=O) groups is 3. The summed E-state index contributed by atoms with van der Waals surface area (Å²) in [5, 5.41) is 7.41. The summed E-state index contributed by atoms with van der Waals surface area (Å²) in [5.41, 5.74) is 2.42. The molecule has 2 unspecified atom stereocenters. The highest BCUT2D eigenvalue weighted by Gasteiger charge is 2.32. The monoisotopic (exact) mass is 385 g/mol. The Morgan fingerprint density at radius 2 is 2.07 bits per heavy atom. The van der Waals surface area contributed by atoms with Crippen molar-refractivity contribution in [1.82, 2.24) is 16.0 Å². The van der Waals surface area contributed by atoms with Crippen molar-refractivity contribution in [2.75, 3.05) is 12.8 Å². The molecule has 142 valence electrons. The van der Waals surface area contributed by atoms with Gasteiger partial charge in [-0.05, 0) is 30.2 Å². The average Bonchev–Trinajstić information content (AvgIpc) is 2.99. The number of rotatable bonds is 7. The van der Waals surface area contributed by atoms with Gasteiger partial charge in [-0.1, -0.05) is 48.6 Å². The third kappa shape index (κ3) is 4.80. The average molecular weight is 385 g/mol. The molecule has 1 heterocycles. The predicted molar refractivity (Wildman–Crippen MR) is 107 cm³/mol. The Labute approximate surface area is 162 Å². The number of allylic oxidation sites excluding steroid dienone is 3. The fraction of sp³-hybridized carbons (Fsp3) is 0.350. The first-order chi connectivity index (χ1) is 13.0. The standard InChI is InChI=1S/C20H23N3O3S/c1-27-20(9-7-15(8-10-20)14-5-3-2-4-6-14)11-12-21-17(24)13-16-18(25)23-19(26)22-16/h2-9,16H,10-13H2,1H3,(H,21,24)(H2,22,23,25,26). The molecule has 0 saturated carbocycles. The van der Waals surface area contributed by atoms with E-state index in [1.165, 1.54) is 11.1 Å². The zero-order valence-electron chi connectivity index (χ0n) is 15.2. The first-order valence-corrected chi connectivity index (χ1v) is 10.1. The van der Waals surface area contributed by atoms with Gasteiger partial charge in [0.05, 0.1) is 6.42 Å². The van der Waals surface area contributed by atoms with Gasteiger partial charge < -0.3 is 10.6 Å². The van der Waals surface area contributed by atoms with Crippen LogP contribution in [-0.4, -0.2) is 41.4 Å². The van der Waals surface area contributed by atoms with Crippen LogP contribution in [-0.2, 0) is 9.59 Å². The molecule has 2 atom stereocenters. The Bertz CT molecular complexity index is 791. The van der Waals surface area contributed by atoms with Crippen molar-refractivity contribution in [2.24, 2.45) is 0 Å². The van der Waals surface area contributed by atoms with Crippen molar-refractivity contribution in [3.63, 3.8) is 0 Å². The van der Waals surface area contributed by atoms with Crippen molar-refractivity contribution in [3.05, 3.63) is 54.1 Å². The number of imide groups is 1. The van der Waals surface area contributed by atoms with Gasteiger partial charge in [0.1, 0.15) is 6.04 Å². The van der Waals surface area contributed by atoms with Crippen LogP contribution in [0.4, 0.5) is 4.79 Å². The van der Waals surface area contributed by atoms with Gasteiger partial charge in [0.2, 0.25) is 5.91 Å². The lowest BCUT2D eigenvalue weighted by Crippen LogP contribution is -2.38. The van der Waals surface area contributed by atoms with Crippen molar-refractivity contribution in [1.29, 1.82) is 0 Å². The highest BCUT2D eigenvalue weighted by molar-refractivity contribution is 8.00. The van der Waals surface area contributed by atoms with Crippen LogP contribution in [0.1, 0.15) is 24.8 Å². The number of urea groups is 1. The molecule has 1 saturated heterocycles. The first-order valence-electron chi connectivity index (χ1n) is 8.89. The smallest absolute Gasteiger partial charge is 0.322 e. The summed E-state index contributed by atoms with van der Waals surface area (Å²) in [6, 6.07) is 8.93. The van der Waals surface area contributed by atoms with Crippen LogP contribution in [0.15, 0.2) is 48.6 Å². The second-order valence-electron chi connectivity index (χ2n) is 6.65. The number of amides is 4. The third-order valence-corrected chi connectivity index (χ3v) is 6.19. The summed E-state index contributed by atoms with van der Waals surface area (Å²) >= 11 is 1.77. The van der Waals surface area contributed by atoms with E-state index in [-0.39, 0.29) is 17.1 Å². The second-order valence-corrected chi connectivity index (χ2v) is 7.87. The minimum atomic E-state index is -0.780. The summed E-state index contributed by atoms with van der Waals surface area (Å²) in [4.78, 5) is 34.6. The van der Waals surface area contributed by atoms with Gasteiger partial charge in [0, 0.05) is 11.3 Å². The Morgan fingerprint density at radius 3 is 2.67 bits per heavy atom. The van der Waals surface area contributed by atoms with Gasteiger partial charge in [-0.2, -0.15) is 11.8 Å². The summed E-state index contributed by atoms with van der Waals surface area (Å²) in [5.74, 6) is -0.696.